The smallest absolute Gasteiger partial charge is 0.337 e. The van der Waals surface area contributed by atoms with Crippen LogP contribution in [0.4, 0.5) is 0 Å². The molecule has 0 atom stereocenters. The third kappa shape index (κ3) is 2.45. The van der Waals surface area contributed by atoms with Crippen molar-refractivity contribution in [1.82, 2.24) is 9.78 Å². The molecule has 1 aromatic heterocycles. The lowest BCUT2D eigenvalue weighted by Gasteiger charge is -2.14. The van der Waals surface area contributed by atoms with Gasteiger partial charge in [-0.15, -0.1) is 0 Å². The first-order chi connectivity index (χ1) is 10.6. The molecule has 3 rings (SSSR count). The van der Waals surface area contributed by atoms with E-state index in [1.54, 1.807) is 23.0 Å². The quantitative estimate of drug-likeness (QED) is 0.631. The van der Waals surface area contributed by atoms with Crippen molar-refractivity contribution in [2.45, 2.75) is 12.8 Å². The van der Waals surface area contributed by atoms with Gasteiger partial charge in [-0.05, 0) is 36.6 Å². The number of fused-ring (bicyclic) bond motifs is 1. The van der Waals surface area contributed by atoms with Crippen LogP contribution in [0.15, 0.2) is 36.0 Å². The molecule has 1 aliphatic rings. The molecule has 0 fully saturated rings. The van der Waals surface area contributed by atoms with Crippen LogP contribution in [0.1, 0.15) is 38.4 Å². The van der Waals surface area contributed by atoms with E-state index in [0.29, 0.717) is 17.5 Å². The van der Waals surface area contributed by atoms with Crippen molar-refractivity contribution in [3.63, 3.8) is 0 Å². The first-order valence-corrected chi connectivity index (χ1v) is 7.04. The lowest BCUT2D eigenvalue weighted by molar-refractivity contribution is 0.0600. The first-order valence-electron chi connectivity index (χ1n) is 7.04. The Labute approximate surface area is 128 Å². The first kappa shape index (κ1) is 14.3. The van der Waals surface area contributed by atoms with E-state index in [-0.39, 0.29) is 11.8 Å². The highest BCUT2D eigenvalue weighted by Gasteiger charge is 2.24. The second-order valence-corrected chi connectivity index (χ2v) is 5.24. The van der Waals surface area contributed by atoms with Gasteiger partial charge in [0.1, 0.15) is 0 Å². The van der Waals surface area contributed by atoms with Crippen LogP contribution >= 0.6 is 0 Å². The number of Topliss-reactive ketones (excluding diaryl/α,β-unsaturated/α-hetero) is 1. The second kappa shape index (κ2) is 5.60. The largest absolute Gasteiger partial charge is 0.465 e. The number of allylic oxidation sites excluding steroid dienone is 1. The van der Waals surface area contributed by atoms with E-state index in [1.165, 1.54) is 7.11 Å². The Morgan fingerprint density at radius 2 is 2.00 bits per heavy atom. The number of ketones is 1. The van der Waals surface area contributed by atoms with Gasteiger partial charge in [0.05, 0.1) is 24.4 Å². The number of rotatable bonds is 2. The highest BCUT2D eigenvalue weighted by atomic mass is 16.5. The highest BCUT2D eigenvalue weighted by molar-refractivity contribution is 6.12. The monoisotopic (exact) mass is 296 g/mol. The highest BCUT2D eigenvalue weighted by Crippen LogP contribution is 2.26. The summed E-state index contributed by atoms with van der Waals surface area (Å²) in [5.74, 6) is -0.334. The van der Waals surface area contributed by atoms with E-state index in [4.69, 9.17) is 0 Å². The molecule has 0 amide bonds. The lowest BCUT2D eigenvalue weighted by Crippen LogP contribution is -2.15. The van der Waals surface area contributed by atoms with E-state index < -0.39 is 0 Å². The van der Waals surface area contributed by atoms with Crippen molar-refractivity contribution in [3.8, 4) is 0 Å². The minimum Gasteiger partial charge on any atom is -0.465 e. The van der Waals surface area contributed by atoms with Gasteiger partial charge in [0, 0.05) is 18.3 Å². The third-order valence-electron chi connectivity index (χ3n) is 3.90. The fourth-order valence-corrected chi connectivity index (χ4v) is 2.66. The van der Waals surface area contributed by atoms with Crippen LogP contribution in [0, 0.1) is 0 Å². The van der Waals surface area contributed by atoms with Crippen LogP contribution in [0.25, 0.3) is 6.08 Å². The SMILES string of the molecule is COC(=O)c1ccc(C=C2CCc3c(cnn3C)C2=O)cc1. The lowest BCUT2D eigenvalue weighted by atomic mass is 9.90. The van der Waals surface area contributed by atoms with E-state index in [1.807, 2.05) is 25.3 Å². The van der Waals surface area contributed by atoms with Crippen LogP contribution < -0.4 is 0 Å². The van der Waals surface area contributed by atoms with Crippen LogP contribution in [-0.2, 0) is 18.2 Å². The van der Waals surface area contributed by atoms with Gasteiger partial charge in [-0.25, -0.2) is 4.79 Å². The number of hydrogen-bond donors (Lipinski definition) is 0. The molecule has 0 spiro atoms. The van der Waals surface area contributed by atoms with Crippen LogP contribution in [-0.4, -0.2) is 28.6 Å². The van der Waals surface area contributed by atoms with Crippen LogP contribution in [0.5, 0.6) is 0 Å². The molecular formula is C17H16N2O3. The number of carbonyl (C=O) groups is 2. The maximum atomic E-state index is 12.5. The van der Waals surface area contributed by atoms with E-state index in [0.717, 1.165) is 23.3 Å². The zero-order chi connectivity index (χ0) is 15.7. The summed E-state index contributed by atoms with van der Waals surface area (Å²) in [6.45, 7) is 0. The number of esters is 1. The minimum atomic E-state index is -0.368. The van der Waals surface area contributed by atoms with Gasteiger partial charge in [0.25, 0.3) is 0 Å². The number of ether oxygens (including phenoxy) is 1. The molecule has 0 saturated carbocycles. The Hall–Kier alpha value is -2.69. The van der Waals surface area contributed by atoms with Crippen LogP contribution in [0.2, 0.25) is 0 Å². The fraction of sp³-hybridized carbons (Fsp3) is 0.235. The predicted molar refractivity (Wildman–Crippen MR) is 81.6 cm³/mol. The summed E-state index contributed by atoms with van der Waals surface area (Å²) in [4.78, 5) is 23.9. The molecule has 0 saturated heterocycles. The van der Waals surface area contributed by atoms with Crippen molar-refractivity contribution in [2.75, 3.05) is 7.11 Å². The third-order valence-corrected chi connectivity index (χ3v) is 3.90. The van der Waals surface area contributed by atoms with Crippen molar-refractivity contribution < 1.29 is 14.3 Å². The molecule has 2 aromatic rings. The summed E-state index contributed by atoms with van der Waals surface area (Å²) in [6, 6.07) is 7.01. The van der Waals surface area contributed by atoms with Gasteiger partial charge in [-0.3, -0.25) is 9.48 Å². The van der Waals surface area contributed by atoms with E-state index in [2.05, 4.69) is 9.84 Å². The Bertz CT molecular complexity index is 770. The molecule has 1 aliphatic carbocycles. The topological polar surface area (TPSA) is 61.2 Å². The molecule has 5 heteroatoms. The number of aryl methyl sites for hydroxylation is 1. The average Bonchev–Trinajstić information content (AvgIpc) is 2.92. The molecule has 0 aliphatic heterocycles. The summed E-state index contributed by atoms with van der Waals surface area (Å²) in [5.41, 5.74) is 3.83. The molecule has 1 aromatic carbocycles. The molecule has 5 nitrogen and oxygen atoms in total. The fourth-order valence-electron chi connectivity index (χ4n) is 2.66. The molecule has 0 radical (unpaired) electrons. The second-order valence-electron chi connectivity index (χ2n) is 5.24. The molecule has 0 N–H and O–H groups in total. The Morgan fingerprint density at radius 1 is 1.27 bits per heavy atom. The summed E-state index contributed by atoms with van der Waals surface area (Å²) >= 11 is 0. The number of hydrogen-bond acceptors (Lipinski definition) is 4. The normalized spacial score (nSPS) is 15.7. The maximum absolute atomic E-state index is 12.5. The van der Waals surface area contributed by atoms with Gasteiger partial charge in [0.15, 0.2) is 5.78 Å². The van der Waals surface area contributed by atoms with Gasteiger partial charge in [-0.1, -0.05) is 12.1 Å². The molecular weight excluding hydrogens is 280 g/mol. The van der Waals surface area contributed by atoms with Crippen molar-refractivity contribution in [3.05, 3.63) is 58.4 Å². The van der Waals surface area contributed by atoms with E-state index >= 15 is 0 Å². The average molecular weight is 296 g/mol. The van der Waals surface area contributed by atoms with Crippen molar-refractivity contribution >= 4 is 17.8 Å². The van der Waals surface area contributed by atoms with Crippen molar-refractivity contribution in [1.29, 1.82) is 0 Å². The van der Waals surface area contributed by atoms with Gasteiger partial charge < -0.3 is 4.74 Å². The molecule has 22 heavy (non-hydrogen) atoms. The van der Waals surface area contributed by atoms with E-state index in [9.17, 15) is 9.59 Å². The van der Waals surface area contributed by atoms with Gasteiger partial charge in [-0.2, -0.15) is 5.10 Å². The molecule has 112 valence electrons. The molecule has 0 unspecified atom stereocenters. The zero-order valence-electron chi connectivity index (χ0n) is 12.5. The van der Waals surface area contributed by atoms with Crippen LogP contribution in [0.3, 0.4) is 0 Å². The van der Waals surface area contributed by atoms with Gasteiger partial charge in [0.2, 0.25) is 0 Å². The Balaban J connectivity index is 1.87. The minimum absolute atomic E-state index is 0.0337. The number of methoxy groups -OCH3 is 1. The number of carbonyl (C=O) groups excluding carboxylic acids is 2. The standard InChI is InChI=1S/C17H16N2O3/c1-19-15-8-7-13(16(20)14(15)10-18-19)9-11-3-5-12(6-4-11)17(21)22-2/h3-6,9-10H,7-8H2,1-2H3. The van der Waals surface area contributed by atoms with Gasteiger partial charge >= 0.3 is 5.97 Å². The summed E-state index contributed by atoms with van der Waals surface area (Å²) < 4.78 is 6.43. The predicted octanol–water partition coefficient (Wildman–Crippen LogP) is 2.42. The summed E-state index contributed by atoms with van der Waals surface area (Å²) in [6.07, 6.45) is 5.01. The number of benzene rings is 1. The zero-order valence-corrected chi connectivity index (χ0v) is 12.5. The Morgan fingerprint density at radius 3 is 2.68 bits per heavy atom. The number of nitrogens with zero attached hydrogens (tertiary/aromatic N) is 2. The maximum Gasteiger partial charge on any atom is 0.337 e. The summed E-state index contributed by atoms with van der Waals surface area (Å²) in [7, 11) is 3.21. The van der Waals surface area contributed by atoms with Crippen molar-refractivity contribution in [2.24, 2.45) is 7.05 Å². The number of aromatic nitrogens is 2. The molecule has 0 bridgehead atoms. The summed E-state index contributed by atoms with van der Waals surface area (Å²) in [5, 5.41) is 4.15. The Kier molecular flexibility index (Phi) is 3.63. The molecule has 1 heterocycles.